The molecule has 0 fully saturated rings. The third-order valence-electron chi connectivity index (χ3n) is 8.23. The van der Waals surface area contributed by atoms with Crippen LogP contribution in [0.15, 0.2) is 121 Å². The second kappa shape index (κ2) is 28.4. The molecular formula is C34H23FN8Na4O17S5. The fourth-order valence-corrected chi connectivity index (χ4v) is 8.91. The van der Waals surface area contributed by atoms with Crippen LogP contribution in [0.25, 0.3) is 10.8 Å². The molecule has 0 saturated carbocycles. The molecule has 4 N–H and O–H groups in total. The number of anilines is 5. The van der Waals surface area contributed by atoms with Gasteiger partial charge < -0.3 is 40.7 Å². The molecule has 35 heteroatoms. The van der Waals surface area contributed by atoms with E-state index in [4.69, 9.17) is 4.18 Å². The zero-order valence-electron chi connectivity index (χ0n) is 35.7. The van der Waals surface area contributed by atoms with E-state index in [0.717, 1.165) is 30.3 Å². The van der Waals surface area contributed by atoms with E-state index in [-0.39, 0.29) is 176 Å². The Balaban J connectivity index is 0.00000408. The summed E-state index contributed by atoms with van der Waals surface area (Å²) in [6.07, 6.45) is -1.39. The number of halogens is 1. The van der Waals surface area contributed by atoms with Crippen LogP contribution in [0.4, 0.5) is 44.7 Å². The Hall–Kier alpha value is -2.04. The first-order chi connectivity index (χ1) is 30.9. The topological polar surface area (TPSA) is 378 Å². The molecule has 0 atom stereocenters. The number of hydrogen-bond donors (Lipinski definition) is 4. The minimum atomic E-state index is -5.52. The summed E-state index contributed by atoms with van der Waals surface area (Å²) in [5.74, 6) is -3.11. The molecule has 0 aliphatic heterocycles. The number of nitrogens with one attached hydrogen (secondary N) is 3. The number of sulfone groups is 1. The molecular weight excluding hydrogens is 1060 g/mol. The number of rotatable bonds is 20. The van der Waals surface area contributed by atoms with Crippen LogP contribution in [-0.2, 0) is 53.0 Å². The summed E-state index contributed by atoms with van der Waals surface area (Å²) in [7, 11) is -14.5. The van der Waals surface area contributed by atoms with Crippen LogP contribution in [0.1, 0.15) is 10.4 Å². The van der Waals surface area contributed by atoms with E-state index in [1.807, 2.05) is 0 Å². The molecule has 25 nitrogen and oxygen atoms in total. The minimum Gasteiger partial charge on any atom is -0.744 e. The van der Waals surface area contributed by atoms with Gasteiger partial charge in [-0.05, 0) is 72.8 Å². The molecule has 0 bridgehead atoms. The molecule has 69 heavy (non-hydrogen) atoms. The molecule has 1 heterocycles. The van der Waals surface area contributed by atoms with Gasteiger partial charge in [0.2, 0.25) is 11.9 Å². The van der Waals surface area contributed by atoms with E-state index in [2.05, 4.69) is 59.9 Å². The van der Waals surface area contributed by atoms with Crippen LogP contribution in [0.5, 0.6) is 5.75 Å². The van der Waals surface area contributed by atoms with Crippen molar-refractivity contribution in [2.75, 3.05) is 28.3 Å². The smallest absolute Gasteiger partial charge is 0.744 e. The third kappa shape index (κ3) is 17.3. The van der Waals surface area contributed by atoms with Crippen LogP contribution in [0.3, 0.4) is 0 Å². The summed E-state index contributed by atoms with van der Waals surface area (Å²) in [6.45, 7) is -0.355. The van der Waals surface area contributed by atoms with Gasteiger partial charge in [-0.15, -0.1) is 14.6 Å². The fourth-order valence-electron chi connectivity index (χ4n) is 5.54. The largest absolute Gasteiger partial charge is 1.00 e. The number of azo groups is 1. The first kappa shape index (κ1) is 63.1. The molecule has 0 aliphatic carbocycles. The summed E-state index contributed by atoms with van der Waals surface area (Å²) in [5.41, 5.74) is -1.15. The van der Waals surface area contributed by atoms with Crippen molar-refractivity contribution in [3.05, 3.63) is 103 Å². The molecule has 1 amide bonds. The Kier molecular flexibility index (Phi) is 26.0. The van der Waals surface area contributed by atoms with Gasteiger partial charge in [0.25, 0.3) is 5.91 Å². The zero-order valence-corrected chi connectivity index (χ0v) is 47.8. The molecule has 342 valence electrons. The van der Waals surface area contributed by atoms with Crippen LogP contribution in [0, 0.1) is 6.08 Å². The van der Waals surface area contributed by atoms with Crippen LogP contribution in [0.2, 0.25) is 0 Å². The molecule has 0 radical (unpaired) electrons. The van der Waals surface area contributed by atoms with Crippen LogP contribution in [-0.4, -0.2) is 72.7 Å². The average Bonchev–Trinajstić information content (AvgIpc) is 3.24. The van der Waals surface area contributed by atoms with E-state index in [1.54, 1.807) is 0 Å². The van der Waals surface area contributed by atoms with Gasteiger partial charge in [-0.3, -0.25) is 19.1 Å². The van der Waals surface area contributed by atoms with Crippen molar-refractivity contribution in [1.82, 2.24) is 15.0 Å². The number of phenolic OH excluding ortho intramolecular Hbond substituents is 1. The summed E-state index contributed by atoms with van der Waals surface area (Å²) in [4.78, 5) is 21.7. The predicted octanol–water partition coefficient (Wildman–Crippen LogP) is -8.34. The number of phenols is 1. The standard InChI is InChI=1S/C34H27FN8O17S5.4Na/c35-32-39-33(37-19-10-8-18(9-11-19)31(45)36-20-4-3-5-21(16-20)63(48,49)15-14-56-62-60-58-47)41-34(40-32)38-25-13-12-22-23(30(25)65(53,54)55)17-26(61-59-57-46)28(29(22)44)43-42-24-6-1-2-7-27(24)64(50,51)52;;;;/h1-13,16-17,44,46-47H,14-15H2,(H,36,45)(H,50,51,52)(H,53,54,55)(H2,37,38,39,40,41);;;;/q;4*+1/p-4. The van der Waals surface area contributed by atoms with E-state index < -0.39 is 103 Å². The Labute approximate surface area is 487 Å². The quantitative estimate of drug-likeness (QED) is 0.0105. The Morgan fingerprint density at radius 3 is 2.06 bits per heavy atom. The summed E-state index contributed by atoms with van der Waals surface area (Å²) >= 11 is 0.217. The van der Waals surface area contributed by atoms with Crippen molar-refractivity contribution >= 4 is 111 Å². The van der Waals surface area contributed by atoms with E-state index >= 15 is 0 Å². The number of carbonyl (C=O) groups is 1. The normalized spacial score (nSPS) is 11.4. The van der Waals surface area contributed by atoms with Gasteiger partial charge in [-0.2, -0.15) is 23.7 Å². The van der Waals surface area contributed by atoms with Gasteiger partial charge in [0.05, 0.1) is 49.7 Å². The number of hydrogen-bond acceptors (Lipinski definition) is 26. The predicted molar refractivity (Wildman–Crippen MR) is 215 cm³/mol. The third-order valence-corrected chi connectivity index (χ3v) is 12.7. The van der Waals surface area contributed by atoms with E-state index in [0.29, 0.717) is 0 Å². The Morgan fingerprint density at radius 1 is 0.739 bits per heavy atom. The minimum absolute atomic E-state index is 0. The summed E-state index contributed by atoms with van der Waals surface area (Å²) < 4.78 is 127. The number of carbonyl (C=O) groups excluding carboxylic acids is 1. The van der Waals surface area contributed by atoms with E-state index in [9.17, 15) is 59.2 Å². The van der Waals surface area contributed by atoms with Crippen molar-refractivity contribution < 1.29 is 200 Å². The van der Waals surface area contributed by atoms with Gasteiger partial charge in [0.15, 0.2) is 27.9 Å². The Morgan fingerprint density at radius 2 is 1.41 bits per heavy atom. The molecule has 0 saturated heterocycles. The number of benzene rings is 5. The van der Waals surface area contributed by atoms with Crippen LogP contribution < -0.4 is 145 Å². The first-order valence-electron chi connectivity index (χ1n) is 17.2. The van der Waals surface area contributed by atoms with Gasteiger partial charge in [-0.1, -0.05) is 18.2 Å². The van der Waals surface area contributed by atoms with Gasteiger partial charge in [0.1, 0.15) is 31.6 Å². The van der Waals surface area contributed by atoms with Crippen molar-refractivity contribution in [2.45, 2.75) is 19.6 Å². The van der Waals surface area contributed by atoms with Gasteiger partial charge in [0, 0.05) is 27.7 Å². The number of aromatic nitrogens is 3. The van der Waals surface area contributed by atoms with Crippen molar-refractivity contribution in [3.63, 3.8) is 0 Å². The van der Waals surface area contributed by atoms with Crippen LogP contribution >= 0.6 is 24.4 Å². The molecule has 0 aliphatic rings. The SMILES string of the molecule is O=C(Nc1cccc(S(=O)(=O)CCOSOO[O-])c1)c1ccc(Nc2nc(F)nc(Nc3ccc4c(O)c(N=Nc5ccccc5S(=O)(=O)[O-])c(SOO[O-])cc4c3S(=O)(=O)[O-])n2)cc1.[Na+].[Na+].[Na+].[Na+]. The maximum Gasteiger partial charge on any atom is 1.00 e. The van der Waals surface area contributed by atoms with Crippen molar-refractivity contribution in [3.8, 4) is 5.75 Å². The molecule has 0 spiro atoms. The number of amides is 1. The van der Waals surface area contributed by atoms with Crippen molar-refractivity contribution in [1.29, 1.82) is 0 Å². The van der Waals surface area contributed by atoms with E-state index in [1.165, 1.54) is 60.7 Å². The fraction of sp³-hybridized carbons (Fsp3) is 0.0588. The molecule has 0 unspecified atom stereocenters. The second-order valence-electron chi connectivity index (χ2n) is 12.3. The average molecular weight is 1090 g/mol. The number of fused-ring (bicyclic) bond motifs is 1. The second-order valence-corrected chi connectivity index (χ2v) is 18.3. The van der Waals surface area contributed by atoms with Crippen molar-refractivity contribution in [2.24, 2.45) is 10.2 Å². The molecule has 1 aromatic heterocycles. The van der Waals surface area contributed by atoms with Gasteiger partial charge >= 0.3 is 124 Å². The maximum atomic E-state index is 14.8. The molecule has 6 rings (SSSR count). The van der Waals surface area contributed by atoms with Gasteiger partial charge in [-0.25, -0.2) is 25.3 Å². The number of aromatic hydroxyl groups is 1. The number of nitrogens with zero attached hydrogens (tertiary/aromatic N) is 5. The molecule has 5 aromatic carbocycles. The first-order valence-corrected chi connectivity index (χ1v) is 23.1. The zero-order chi connectivity index (χ0) is 46.9. The Bertz CT molecular complexity index is 3140. The summed E-state index contributed by atoms with van der Waals surface area (Å²) in [5, 5.41) is 52.4. The summed E-state index contributed by atoms with van der Waals surface area (Å²) in [6, 6.07) is 18.4. The molecule has 6 aromatic rings. The maximum absolute atomic E-state index is 14.8. The monoisotopic (exact) mass is 1090 g/mol.